The first-order valence-electron chi connectivity index (χ1n) is 8.99. The molecule has 138 valence electrons. The van der Waals surface area contributed by atoms with Gasteiger partial charge in [-0.05, 0) is 36.7 Å². The van der Waals surface area contributed by atoms with Gasteiger partial charge in [0.2, 0.25) is 0 Å². The number of nitro groups is 1. The zero-order chi connectivity index (χ0) is 18.5. The second-order valence-corrected chi connectivity index (χ2v) is 7.03. The van der Waals surface area contributed by atoms with Gasteiger partial charge in [-0.25, -0.2) is 0 Å². The van der Waals surface area contributed by atoms with Gasteiger partial charge in [0.25, 0.3) is 5.69 Å². The van der Waals surface area contributed by atoms with Crippen molar-refractivity contribution in [1.29, 1.82) is 0 Å². The molecule has 0 aliphatic carbocycles. The summed E-state index contributed by atoms with van der Waals surface area (Å²) in [5.74, 6) is 0. The highest BCUT2D eigenvalue weighted by molar-refractivity contribution is 5.62. The molecule has 26 heavy (non-hydrogen) atoms. The topological polar surface area (TPSA) is 61.6 Å². The predicted octanol–water partition coefficient (Wildman–Crippen LogP) is 3.26. The standard InChI is InChI=1S/C20H26N4O2/c1-16-3-8-19(20(13-16)24(25)26)21-14-17-4-6-18(7-5-17)15-23-11-9-22(2)10-12-23/h3-8,13,21H,9-12,14-15H2,1-2H3. The quantitative estimate of drug-likeness (QED) is 0.637. The number of nitro benzene ring substituents is 1. The normalized spacial score (nSPS) is 15.8. The molecule has 6 heteroatoms. The van der Waals surface area contributed by atoms with Crippen LogP contribution >= 0.6 is 0 Å². The molecule has 0 bridgehead atoms. The van der Waals surface area contributed by atoms with E-state index in [9.17, 15) is 10.1 Å². The Morgan fingerprint density at radius 2 is 1.69 bits per heavy atom. The second kappa shape index (κ2) is 8.29. The summed E-state index contributed by atoms with van der Waals surface area (Å²) in [6.07, 6.45) is 0. The van der Waals surface area contributed by atoms with Crippen LogP contribution in [-0.2, 0) is 13.1 Å². The number of hydrogen-bond acceptors (Lipinski definition) is 5. The van der Waals surface area contributed by atoms with Gasteiger partial charge >= 0.3 is 0 Å². The summed E-state index contributed by atoms with van der Waals surface area (Å²) in [4.78, 5) is 15.7. The highest BCUT2D eigenvalue weighted by Crippen LogP contribution is 2.25. The molecular formula is C20H26N4O2. The molecule has 0 spiro atoms. The van der Waals surface area contributed by atoms with Crippen molar-refractivity contribution in [3.8, 4) is 0 Å². The Morgan fingerprint density at radius 3 is 2.35 bits per heavy atom. The SMILES string of the molecule is Cc1ccc(NCc2ccc(CN3CCN(C)CC3)cc2)c([N+](=O)[O-])c1. The molecule has 1 saturated heterocycles. The third kappa shape index (κ3) is 4.80. The van der Waals surface area contributed by atoms with Crippen LogP contribution in [-0.4, -0.2) is 47.9 Å². The number of anilines is 1. The molecular weight excluding hydrogens is 328 g/mol. The molecule has 0 radical (unpaired) electrons. The van der Waals surface area contributed by atoms with Crippen LogP contribution in [0, 0.1) is 17.0 Å². The van der Waals surface area contributed by atoms with E-state index in [0.717, 1.165) is 43.9 Å². The summed E-state index contributed by atoms with van der Waals surface area (Å²) in [5, 5.41) is 14.4. The minimum absolute atomic E-state index is 0.122. The van der Waals surface area contributed by atoms with E-state index >= 15 is 0 Å². The smallest absolute Gasteiger partial charge is 0.292 e. The fraction of sp³-hybridized carbons (Fsp3) is 0.400. The molecule has 1 heterocycles. The van der Waals surface area contributed by atoms with Gasteiger partial charge < -0.3 is 10.2 Å². The molecule has 0 atom stereocenters. The molecule has 1 aliphatic rings. The van der Waals surface area contributed by atoms with Crippen LogP contribution in [0.4, 0.5) is 11.4 Å². The lowest BCUT2D eigenvalue weighted by atomic mass is 10.1. The van der Waals surface area contributed by atoms with Crippen molar-refractivity contribution >= 4 is 11.4 Å². The molecule has 1 aliphatic heterocycles. The molecule has 1 fully saturated rings. The summed E-state index contributed by atoms with van der Waals surface area (Å²) < 4.78 is 0. The van der Waals surface area contributed by atoms with Gasteiger partial charge in [-0.3, -0.25) is 15.0 Å². The summed E-state index contributed by atoms with van der Waals surface area (Å²) in [6, 6.07) is 13.7. The number of hydrogen-bond donors (Lipinski definition) is 1. The number of nitrogens with zero attached hydrogens (tertiary/aromatic N) is 3. The Morgan fingerprint density at radius 1 is 1.04 bits per heavy atom. The molecule has 6 nitrogen and oxygen atoms in total. The number of aryl methyl sites for hydroxylation is 1. The van der Waals surface area contributed by atoms with Gasteiger partial charge in [-0.15, -0.1) is 0 Å². The Labute approximate surface area is 154 Å². The molecule has 0 unspecified atom stereocenters. The van der Waals surface area contributed by atoms with E-state index < -0.39 is 0 Å². The molecule has 0 saturated carbocycles. The van der Waals surface area contributed by atoms with Crippen molar-refractivity contribution in [3.63, 3.8) is 0 Å². The van der Waals surface area contributed by atoms with Gasteiger partial charge in [0.15, 0.2) is 0 Å². The van der Waals surface area contributed by atoms with Crippen molar-refractivity contribution in [2.45, 2.75) is 20.0 Å². The molecule has 0 aromatic heterocycles. The van der Waals surface area contributed by atoms with Crippen LogP contribution < -0.4 is 5.32 Å². The van der Waals surface area contributed by atoms with Crippen molar-refractivity contribution < 1.29 is 4.92 Å². The monoisotopic (exact) mass is 354 g/mol. The second-order valence-electron chi connectivity index (χ2n) is 7.03. The van der Waals surface area contributed by atoms with Crippen LogP contribution in [0.2, 0.25) is 0 Å². The van der Waals surface area contributed by atoms with Crippen LogP contribution in [0.25, 0.3) is 0 Å². The third-order valence-corrected chi connectivity index (χ3v) is 4.86. The maximum absolute atomic E-state index is 11.2. The maximum atomic E-state index is 11.2. The molecule has 2 aromatic rings. The molecule has 3 rings (SSSR count). The molecule has 0 amide bonds. The number of nitrogens with one attached hydrogen (secondary N) is 1. The highest BCUT2D eigenvalue weighted by Gasteiger charge is 2.14. The summed E-state index contributed by atoms with van der Waals surface area (Å²) in [6.45, 7) is 7.86. The zero-order valence-corrected chi connectivity index (χ0v) is 15.4. The Bertz CT molecular complexity index is 753. The zero-order valence-electron chi connectivity index (χ0n) is 15.4. The Hall–Kier alpha value is -2.44. The van der Waals surface area contributed by atoms with E-state index in [0.29, 0.717) is 12.2 Å². The third-order valence-electron chi connectivity index (χ3n) is 4.86. The lowest BCUT2D eigenvalue weighted by Crippen LogP contribution is -2.43. The van der Waals surface area contributed by atoms with E-state index in [1.807, 2.05) is 13.0 Å². The van der Waals surface area contributed by atoms with Crippen LogP contribution in [0.5, 0.6) is 0 Å². The van der Waals surface area contributed by atoms with Gasteiger partial charge in [0.05, 0.1) is 4.92 Å². The van der Waals surface area contributed by atoms with E-state index in [4.69, 9.17) is 0 Å². The summed E-state index contributed by atoms with van der Waals surface area (Å²) >= 11 is 0. The van der Waals surface area contributed by atoms with Crippen molar-refractivity contribution in [3.05, 3.63) is 69.3 Å². The maximum Gasteiger partial charge on any atom is 0.292 e. The average molecular weight is 354 g/mol. The summed E-state index contributed by atoms with van der Waals surface area (Å²) in [5.41, 5.74) is 3.98. The minimum Gasteiger partial charge on any atom is -0.375 e. The fourth-order valence-corrected chi connectivity index (χ4v) is 3.17. The molecule has 1 N–H and O–H groups in total. The van der Waals surface area contributed by atoms with Crippen molar-refractivity contribution in [2.24, 2.45) is 0 Å². The first-order chi connectivity index (χ1) is 12.5. The van der Waals surface area contributed by atoms with E-state index in [-0.39, 0.29) is 10.6 Å². The lowest BCUT2D eigenvalue weighted by Gasteiger charge is -2.32. The lowest BCUT2D eigenvalue weighted by molar-refractivity contribution is -0.384. The first kappa shape index (κ1) is 18.4. The van der Waals surface area contributed by atoms with Crippen LogP contribution in [0.3, 0.4) is 0 Å². The van der Waals surface area contributed by atoms with Crippen molar-refractivity contribution in [1.82, 2.24) is 9.80 Å². The van der Waals surface area contributed by atoms with Crippen LogP contribution in [0.15, 0.2) is 42.5 Å². The van der Waals surface area contributed by atoms with E-state index in [1.54, 1.807) is 12.1 Å². The first-order valence-corrected chi connectivity index (χ1v) is 8.99. The van der Waals surface area contributed by atoms with Gasteiger partial charge in [-0.1, -0.05) is 30.3 Å². The fourth-order valence-electron chi connectivity index (χ4n) is 3.17. The Balaban J connectivity index is 1.57. The predicted molar refractivity (Wildman–Crippen MR) is 104 cm³/mol. The minimum atomic E-state index is -0.339. The number of rotatable bonds is 6. The average Bonchev–Trinajstić information content (AvgIpc) is 2.63. The number of piperazine rings is 1. The Kier molecular flexibility index (Phi) is 5.85. The largest absolute Gasteiger partial charge is 0.375 e. The van der Waals surface area contributed by atoms with Crippen molar-refractivity contribution in [2.75, 3.05) is 38.5 Å². The summed E-state index contributed by atoms with van der Waals surface area (Å²) in [7, 11) is 2.16. The van der Waals surface area contributed by atoms with Crippen LogP contribution in [0.1, 0.15) is 16.7 Å². The number of likely N-dealkylation sites (N-methyl/N-ethyl adjacent to an activating group) is 1. The molecule has 2 aromatic carbocycles. The van der Waals surface area contributed by atoms with Gasteiger partial charge in [-0.2, -0.15) is 0 Å². The van der Waals surface area contributed by atoms with Gasteiger partial charge in [0, 0.05) is 45.3 Å². The number of benzene rings is 2. The van der Waals surface area contributed by atoms with E-state index in [1.165, 1.54) is 5.56 Å². The van der Waals surface area contributed by atoms with Gasteiger partial charge in [0.1, 0.15) is 5.69 Å². The highest BCUT2D eigenvalue weighted by atomic mass is 16.6. The van der Waals surface area contributed by atoms with E-state index in [2.05, 4.69) is 46.4 Å².